The minimum atomic E-state index is -0.270. The number of rotatable bonds is 2. The Morgan fingerprint density at radius 1 is 1.33 bits per heavy atom. The molecule has 0 aliphatic carbocycles. The molecule has 3 rings (SSSR count). The molecule has 0 N–H and O–H groups in total. The normalized spacial score (nSPS) is 19.5. The lowest BCUT2D eigenvalue weighted by atomic mass is 10.2. The first-order valence-electron chi connectivity index (χ1n) is 5.34. The quantitative estimate of drug-likeness (QED) is 0.847. The van der Waals surface area contributed by atoms with Gasteiger partial charge in [-0.1, -0.05) is 12.1 Å². The topological polar surface area (TPSA) is 33.2 Å². The molecule has 0 bridgehead atoms. The molecule has 1 fully saturated rings. The standard InChI is InChI=1S/C12H9FN2OS2/c13-9-3-1-8(2-4-9)11-15(10(16)7-18-11)12-14-5-6-17-12/h1-6,11H,7H2/t11-/m1/s1. The van der Waals surface area contributed by atoms with Gasteiger partial charge in [0.2, 0.25) is 5.91 Å². The monoisotopic (exact) mass is 280 g/mol. The number of thiazole rings is 1. The van der Waals surface area contributed by atoms with Crippen LogP contribution in [0.5, 0.6) is 0 Å². The Bertz CT molecular complexity index is 556. The number of nitrogens with zero attached hydrogens (tertiary/aromatic N) is 2. The van der Waals surface area contributed by atoms with E-state index < -0.39 is 0 Å². The number of amides is 1. The average molecular weight is 280 g/mol. The summed E-state index contributed by atoms with van der Waals surface area (Å²) in [6.45, 7) is 0. The van der Waals surface area contributed by atoms with Crippen molar-refractivity contribution < 1.29 is 9.18 Å². The maximum absolute atomic E-state index is 12.9. The summed E-state index contributed by atoms with van der Waals surface area (Å²) in [5, 5.41) is 2.43. The van der Waals surface area contributed by atoms with Gasteiger partial charge >= 0.3 is 0 Å². The van der Waals surface area contributed by atoms with E-state index in [1.165, 1.54) is 35.2 Å². The molecule has 1 atom stereocenters. The first-order chi connectivity index (χ1) is 8.75. The minimum Gasteiger partial charge on any atom is -0.273 e. The van der Waals surface area contributed by atoms with E-state index in [9.17, 15) is 9.18 Å². The zero-order valence-corrected chi connectivity index (χ0v) is 10.9. The smallest absolute Gasteiger partial charge is 0.240 e. The molecule has 18 heavy (non-hydrogen) atoms. The molecule has 92 valence electrons. The summed E-state index contributed by atoms with van der Waals surface area (Å²) in [6, 6.07) is 6.26. The van der Waals surface area contributed by atoms with Crippen LogP contribution in [0, 0.1) is 5.82 Å². The number of hydrogen-bond acceptors (Lipinski definition) is 4. The van der Waals surface area contributed by atoms with Gasteiger partial charge in [0.05, 0.1) is 5.75 Å². The zero-order valence-electron chi connectivity index (χ0n) is 9.25. The Balaban J connectivity index is 1.96. The van der Waals surface area contributed by atoms with Crippen LogP contribution in [-0.4, -0.2) is 16.6 Å². The summed E-state index contributed by atoms with van der Waals surface area (Å²) < 4.78 is 12.9. The van der Waals surface area contributed by atoms with Crippen LogP contribution in [-0.2, 0) is 4.79 Å². The van der Waals surface area contributed by atoms with Crippen molar-refractivity contribution in [1.29, 1.82) is 0 Å². The molecule has 1 aromatic heterocycles. The van der Waals surface area contributed by atoms with Gasteiger partial charge in [-0.25, -0.2) is 9.37 Å². The van der Waals surface area contributed by atoms with E-state index in [1.54, 1.807) is 23.2 Å². The highest BCUT2D eigenvalue weighted by Crippen LogP contribution is 2.42. The maximum atomic E-state index is 12.9. The molecular weight excluding hydrogens is 271 g/mol. The van der Waals surface area contributed by atoms with Gasteiger partial charge in [-0.05, 0) is 17.7 Å². The van der Waals surface area contributed by atoms with Crippen molar-refractivity contribution in [3.8, 4) is 0 Å². The third kappa shape index (κ3) is 2.02. The average Bonchev–Trinajstić information content (AvgIpc) is 2.99. The molecular formula is C12H9FN2OS2. The molecule has 1 aliphatic rings. The van der Waals surface area contributed by atoms with Crippen molar-refractivity contribution in [3.05, 3.63) is 47.2 Å². The van der Waals surface area contributed by atoms with Crippen molar-refractivity contribution >= 4 is 34.1 Å². The van der Waals surface area contributed by atoms with Crippen molar-refractivity contribution in [2.45, 2.75) is 5.37 Å². The number of thioether (sulfide) groups is 1. The molecule has 0 spiro atoms. The first-order valence-corrected chi connectivity index (χ1v) is 7.27. The Morgan fingerprint density at radius 2 is 2.11 bits per heavy atom. The van der Waals surface area contributed by atoms with Crippen LogP contribution in [0.1, 0.15) is 10.9 Å². The van der Waals surface area contributed by atoms with Crippen LogP contribution in [0.25, 0.3) is 0 Å². The summed E-state index contributed by atoms with van der Waals surface area (Å²) in [7, 11) is 0. The lowest BCUT2D eigenvalue weighted by Gasteiger charge is -2.21. The van der Waals surface area contributed by atoms with Crippen LogP contribution in [0.3, 0.4) is 0 Å². The highest BCUT2D eigenvalue weighted by molar-refractivity contribution is 8.00. The zero-order chi connectivity index (χ0) is 12.5. The molecule has 1 aromatic carbocycles. The third-order valence-corrected chi connectivity index (χ3v) is 4.63. The fraction of sp³-hybridized carbons (Fsp3) is 0.167. The molecule has 1 saturated heterocycles. The summed E-state index contributed by atoms with van der Waals surface area (Å²) in [5.74, 6) is 0.208. The Hall–Kier alpha value is -1.40. The van der Waals surface area contributed by atoms with Crippen LogP contribution in [0.15, 0.2) is 35.8 Å². The van der Waals surface area contributed by atoms with Gasteiger partial charge in [-0.2, -0.15) is 0 Å². The van der Waals surface area contributed by atoms with Crippen molar-refractivity contribution in [2.75, 3.05) is 10.7 Å². The summed E-state index contributed by atoms with van der Waals surface area (Å²) in [5.41, 5.74) is 0.919. The second-order valence-electron chi connectivity index (χ2n) is 3.79. The molecule has 0 radical (unpaired) electrons. The SMILES string of the molecule is O=C1CS[C@H](c2ccc(F)cc2)N1c1nccs1. The van der Waals surface area contributed by atoms with Crippen LogP contribution >= 0.6 is 23.1 Å². The number of carbonyl (C=O) groups excluding carboxylic acids is 1. The Kier molecular flexibility index (Phi) is 3.05. The van der Waals surface area contributed by atoms with E-state index in [-0.39, 0.29) is 17.1 Å². The largest absolute Gasteiger partial charge is 0.273 e. The third-order valence-electron chi connectivity index (χ3n) is 2.65. The minimum absolute atomic E-state index is 0.0456. The van der Waals surface area contributed by atoms with Gasteiger partial charge < -0.3 is 0 Å². The van der Waals surface area contributed by atoms with E-state index in [2.05, 4.69) is 4.98 Å². The molecule has 1 amide bonds. The molecule has 0 saturated carbocycles. The predicted octanol–water partition coefficient (Wildman–Crippen LogP) is 3.06. The second kappa shape index (κ2) is 4.70. The fourth-order valence-corrected chi connectivity index (χ4v) is 3.75. The van der Waals surface area contributed by atoms with Gasteiger partial charge in [0.15, 0.2) is 5.13 Å². The maximum Gasteiger partial charge on any atom is 0.240 e. The number of hydrogen-bond donors (Lipinski definition) is 0. The van der Waals surface area contributed by atoms with Crippen molar-refractivity contribution in [3.63, 3.8) is 0 Å². The number of anilines is 1. The van der Waals surface area contributed by atoms with Gasteiger partial charge in [0.1, 0.15) is 11.2 Å². The van der Waals surface area contributed by atoms with Crippen LogP contribution < -0.4 is 4.90 Å². The predicted molar refractivity (Wildman–Crippen MR) is 71.2 cm³/mol. The fourth-order valence-electron chi connectivity index (χ4n) is 1.84. The van der Waals surface area contributed by atoms with Gasteiger partial charge in [-0.15, -0.1) is 23.1 Å². The number of aromatic nitrogens is 1. The van der Waals surface area contributed by atoms with Crippen LogP contribution in [0.4, 0.5) is 9.52 Å². The highest BCUT2D eigenvalue weighted by atomic mass is 32.2. The van der Waals surface area contributed by atoms with Gasteiger partial charge in [0.25, 0.3) is 0 Å². The Morgan fingerprint density at radius 3 is 2.78 bits per heavy atom. The summed E-state index contributed by atoms with van der Waals surface area (Å²) in [6.07, 6.45) is 1.68. The highest BCUT2D eigenvalue weighted by Gasteiger charge is 2.35. The van der Waals surface area contributed by atoms with E-state index >= 15 is 0 Å². The van der Waals surface area contributed by atoms with E-state index in [0.29, 0.717) is 10.9 Å². The molecule has 6 heteroatoms. The molecule has 3 nitrogen and oxygen atoms in total. The summed E-state index contributed by atoms with van der Waals surface area (Å²) in [4.78, 5) is 17.8. The van der Waals surface area contributed by atoms with Gasteiger partial charge in [-0.3, -0.25) is 9.69 Å². The van der Waals surface area contributed by atoms with Crippen molar-refractivity contribution in [1.82, 2.24) is 4.98 Å². The molecule has 2 aromatic rings. The van der Waals surface area contributed by atoms with Gasteiger partial charge in [0, 0.05) is 11.6 Å². The van der Waals surface area contributed by atoms with Crippen LogP contribution in [0.2, 0.25) is 0 Å². The first kappa shape index (κ1) is 11.7. The molecule has 0 unspecified atom stereocenters. The lowest BCUT2D eigenvalue weighted by molar-refractivity contribution is -0.115. The van der Waals surface area contributed by atoms with Crippen molar-refractivity contribution in [2.24, 2.45) is 0 Å². The van der Waals surface area contributed by atoms with E-state index in [0.717, 1.165) is 5.56 Å². The van der Waals surface area contributed by atoms with E-state index in [4.69, 9.17) is 0 Å². The lowest BCUT2D eigenvalue weighted by Crippen LogP contribution is -2.27. The molecule has 1 aliphatic heterocycles. The molecule has 2 heterocycles. The second-order valence-corrected chi connectivity index (χ2v) is 5.73. The Labute approximate surface area is 112 Å². The number of benzene rings is 1. The summed E-state index contributed by atoms with van der Waals surface area (Å²) >= 11 is 2.97. The van der Waals surface area contributed by atoms with E-state index in [1.807, 2.05) is 5.38 Å². The number of halogens is 1. The number of carbonyl (C=O) groups is 1.